The zero-order valence-electron chi connectivity index (χ0n) is 7.44. The molecule has 0 N–H and O–H groups in total. The van der Waals surface area contributed by atoms with Crippen molar-refractivity contribution in [3.05, 3.63) is 4.91 Å². The molecule has 0 aromatic heterocycles. The smallest absolute Gasteiger partial charge is 0.318 e. The van der Waals surface area contributed by atoms with Crippen LogP contribution in [0.15, 0.2) is 4.58 Å². The summed E-state index contributed by atoms with van der Waals surface area (Å²) in [5, 5.41) is 0. The molecule has 12 heavy (non-hydrogen) atoms. The van der Waals surface area contributed by atoms with Gasteiger partial charge in [-0.05, 0) is 12.8 Å². The molecular weight excluding hydrogens is 178 g/mol. The van der Waals surface area contributed by atoms with Gasteiger partial charge in [0, 0.05) is 16.5 Å². The van der Waals surface area contributed by atoms with E-state index in [9.17, 15) is 9.70 Å². The number of nitroso groups, excluding NO2 is 1. The first kappa shape index (κ1) is 11.4. The highest BCUT2D eigenvalue weighted by atomic mass is 32.2. The Bertz CT molecular complexity index is 161. The Balaban J connectivity index is 3.61. The quantitative estimate of drug-likeness (QED) is 0.379. The largest absolute Gasteiger partial charge is 0.462 e. The minimum absolute atomic E-state index is 0.000556. The monoisotopic (exact) mass is 191 g/mol. The molecule has 0 aromatic carbocycles. The Morgan fingerprint density at radius 2 is 2.08 bits per heavy atom. The number of carbonyl (C=O) groups is 1. The van der Waals surface area contributed by atoms with Crippen LogP contribution in [0.2, 0.25) is 0 Å². The lowest BCUT2D eigenvalue weighted by molar-refractivity contribution is -0.146. The summed E-state index contributed by atoms with van der Waals surface area (Å²) in [6.45, 7) is 5.74. The Labute approximate surface area is 76.2 Å². The van der Waals surface area contributed by atoms with Gasteiger partial charge in [-0.1, -0.05) is 13.8 Å². The molecule has 0 fully saturated rings. The summed E-state index contributed by atoms with van der Waals surface area (Å²) in [7, 11) is 0. The second-order valence-corrected chi connectivity index (χ2v) is 3.48. The molecule has 0 aliphatic heterocycles. The molecule has 0 aliphatic rings. The number of ether oxygens (including phenoxy) is 1. The molecule has 4 nitrogen and oxygen atoms in total. The fraction of sp³-hybridized carbons (Fsp3) is 0.857. The van der Waals surface area contributed by atoms with Gasteiger partial charge in [-0.2, -0.15) is 0 Å². The predicted molar refractivity (Wildman–Crippen MR) is 48.6 cm³/mol. The molecule has 0 amide bonds. The molecule has 1 unspecified atom stereocenters. The summed E-state index contributed by atoms with van der Waals surface area (Å²) >= 11 is 0.665. The maximum absolute atomic E-state index is 10.9. The standard InChI is InChI=1S/C7H13NO3S/c1-5(2)6(3)11-7(9)4-12-8-10/h5-6H,4H2,1-3H3. The van der Waals surface area contributed by atoms with Crippen LogP contribution in [-0.4, -0.2) is 17.8 Å². The van der Waals surface area contributed by atoms with E-state index in [4.69, 9.17) is 4.74 Å². The zero-order chi connectivity index (χ0) is 9.56. The molecule has 5 heteroatoms. The highest BCUT2D eigenvalue weighted by molar-refractivity contribution is 7.98. The number of carbonyl (C=O) groups excluding carboxylic acids is 1. The van der Waals surface area contributed by atoms with Gasteiger partial charge in [-0.25, -0.2) is 0 Å². The summed E-state index contributed by atoms with van der Waals surface area (Å²) in [6, 6.07) is 0. The Hall–Kier alpha value is -0.580. The van der Waals surface area contributed by atoms with E-state index in [1.807, 2.05) is 20.8 Å². The fourth-order valence-electron chi connectivity index (χ4n) is 0.456. The highest BCUT2D eigenvalue weighted by Gasteiger charge is 2.12. The molecule has 1 atom stereocenters. The average molecular weight is 191 g/mol. The molecule has 0 saturated heterocycles. The molecular formula is C7H13NO3S. The van der Waals surface area contributed by atoms with E-state index in [2.05, 4.69) is 4.58 Å². The van der Waals surface area contributed by atoms with E-state index >= 15 is 0 Å². The van der Waals surface area contributed by atoms with Crippen LogP contribution in [-0.2, 0) is 9.53 Å². The van der Waals surface area contributed by atoms with Gasteiger partial charge in [-0.15, -0.1) is 4.91 Å². The lowest BCUT2D eigenvalue weighted by Gasteiger charge is -2.15. The maximum Gasteiger partial charge on any atom is 0.318 e. The summed E-state index contributed by atoms with van der Waals surface area (Å²) in [6.07, 6.45) is -0.107. The molecule has 0 bridgehead atoms. The minimum atomic E-state index is -0.388. The van der Waals surface area contributed by atoms with E-state index in [-0.39, 0.29) is 17.8 Å². The third kappa shape index (κ3) is 5.12. The third-order valence-corrected chi connectivity index (χ3v) is 1.96. The number of hydrogen-bond acceptors (Lipinski definition) is 5. The van der Waals surface area contributed by atoms with Crippen LogP contribution in [0.1, 0.15) is 20.8 Å². The molecule has 0 saturated carbocycles. The molecule has 0 rings (SSSR count). The Morgan fingerprint density at radius 3 is 2.50 bits per heavy atom. The van der Waals surface area contributed by atoms with Gasteiger partial charge >= 0.3 is 5.97 Å². The van der Waals surface area contributed by atoms with Crippen LogP contribution in [0.4, 0.5) is 0 Å². The number of esters is 1. The molecule has 0 heterocycles. The molecule has 70 valence electrons. The maximum atomic E-state index is 10.9. The second kappa shape index (κ2) is 5.99. The average Bonchev–Trinajstić information content (AvgIpc) is 2.00. The van der Waals surface area contributed by atoms with E-state index in [1.54, 1.807) is 0 Å². The van der Waals surface area contributed by atoms with Crippen molar-refractivity contribution in [3.63, 3.8) is 0 Å². The van der Waals surface area contributed by atoms with Crippen LogP contribution in [0.5, 0.6) is 0 Å². The summed E-state index contributed by atoms with van der Waals surface area (Å²) in [5.74, 6) is -0.0930. The van der Waals surface area contributed by atoms with Gasteiger partial charge in [-0.3, -0.25) is 4.79 Å². The first-order valence-electron chi connectivity index (χ1n) is 3.72. The zero-order valence-corrected chi connectivity index (χ0v) is 8.26. The van der Waals surface area contributed by atoms with Crippen molar-refractivity contribution in [1.82, 2.24) is 0 Å². The normalized spacial score (nSPS) is 12.7. The van der Waals surface area contributed by atoms with Crippen molar-refractivity contribution in [1.29, 1.82) is 0 Å². The summed E-state index contributed by atoms with van der Waals surface area (Å²) < 4.78 is 7.45. The third-order valence-electron chi connectivity index (χ3n) is 1.49. The minimum Gasteiger partial charge on any atom is -0.462 e. The predicted octanol–water partition coefficient (Wildman–Crippen LogP) is 1.99. The van der Waals surface area contributed by atoms with E-state index in [0.29, 0.717) is 17.9 Å². The SMILES string of the molecule is CC(C)C(C)OC(=O)CSN=O. The number of hydrogen-bond donors (Lipinski definition) is 0. The highest BCUT2D eigenvalue weighted by Crippen LogP contribution is 2.08. The molecule has 0 aliphatic carbocycles. The fourth-order valence-corrected chi connectivity index (χ4v) is 0.683. The van der Waals surface area contributed by atoms with Gasteiger partial charge < -0.3 is 4.74 Å². The van der Waals surface area contributed by atoms with Crippen LogP contribution in [0.3, 0.4) is 0 Å². The summed E-state index contributed by atoms with van der Waals surface area (Å²) in [4.78, 5) is 20.5. The second-order valence-electron chi connectivity index (χ2n) is 2.79. The van der Waals surface area contributed by atoms with E-state index in [1.165, 1.54) is 0 Å². The van der Waals surface area contributed by atoms with Gasteiger partial charge in [0.2, 0.25) is 0 Å². The van der Waals surface area contributed by atoms with E-state index in [0.717, 1.165) is 0 Å². The van der Waals surface area contributed by atoms with Gasteiger partial charge in [0.15, 0.2) is 0 Å². The van der Waals surface area contributed by atoms with Crippen molar-refractivity contribution in [2.24, 2.45) is 10.5 Å². The number of rotatable bonds is 5. The lowest BCUT2D eigenvalue weighted by Crippen LogP contribution is -2.21. The van der Waals surface area contributed by atoms with Crippen LogP contribution >= 0.6 is 11.9 Å². The molecule has 0 aromatic rings. The van der Waals surface area contributed by atoms with Crippen molar-refractivity contribution in [2.45, 2.75) is 26.9 Å². The van der Waals surface area contributed by atoms with Gasteiger partial charge in [0.1, 0.15) is 11.9 Å². The van der Waals surface area contributed by atoms with Crippen molar-refractivity contribution >= 4 is 17.9 Å². The van der Waals surface area contributed by atoms with Crippen molar-refractivity contribution in [2.75, 3.05) is 5.75 Å². The van der Waals surface area contributed by atoms with Gasteiger partial charge in [0.25, 0.3) is 0 Å². The van der Waals surface area contributed by atoms with Crippen LogP contribution < -0.4 is 0 Å². The van der Waals surface area contributed by atoms with Gasteiger partial charge in [0.05, 0.1) is 0 Å². The van der Waals surface area contributed by atoms with Crippen LogP contribution in [0, 0.1) is 10.8 Å². The van der Waals surface area contributed by atoms with E-state index < -0.39 is 0 Å². The first-order valence-corrected chi connectivity index (χ1v) is 4.66. The summed E-state index contributed by atoms with van der Waals surface area (Å²) in [5.41, 5.74) is 0. The Morgan fingerprint density at radius 1 is 1.50 bits per heavy atom. The van der Waals surface area contributed by atoms with Crippen molar-refractivity contribution < 1.29 is 9.53 Å². The topological polar surface area (TPSA) is 55.7 Å². The lowest BCUT2D eigenvalue weighted by atomic mass is 10.1. The van der Waals surface area contributed by atoms with Crippen molar-refractivity contribution in [3.8, 4) is 0 Å². The number of nitrogens with zero attached hydrogens (tertiary/aromatic N) is 1. The molecule has 0 spiro atoms. The Kier molecular flexibility index (Phi) is 5.70. The molecule has 0 radical (unpaired) electrons. The first-order chi connectivity index (χ1) is 5.57. The van der Waals surface area contributed by atoms with Crippen LogP contribution in [0.25, 0.3) is 0 Å².